The number of aromatic nitrogens is 18. The molecule has 0 spiro atoms. The van der Waals surface area contributed by atoms with Crippen molar-refractivity contribution < 1.29 is 136 Å². The van der Waals surface area contributed by atoms with Gasteiger partial charge >= 0.3 is 129 Å². The Kier molecular flexibility index (Phi) is 58.5. The van der Waals surface area contributed by atoms with Gasteiger partial charge in [0.15, 0.2) is 0 Å². The molecule has 18 aromatic rings. The Morgan fingerprint density at radius 2 is 0.228 bits per heavy atom. The van der Waals surface area contributed by atoms with Crippen LogP contribution < -0.4 is 0 Å². The van der Waals surface area contributed by atoms with E-state index in [1.807, 2.05) is 347 Å². The van der Waals surface area contributed by atoms with E-state index in [0.29, 0.717) is 0 Å². The molecule has 24 heterocycles. The number of nitrogens with zero attached hydrogens (tertiary/aromatic N) is 19. The van der Waals surface area contributed by atoms with Crippen molar-refractivity contribution in [3.63, 3.8) is 0 Å². The number of hydrogen-bond donors (Lipinski definition) is 0. The Hall–Kier alpha value is -2.92. The molecule has 760 valence electrons. The predicted octanol–water partition coefficient (Wildman–Crippen LogP) is 33.3. The molecule has 0 aromatic carbocycles. The van der Waals surface area contributed by atoms with Gasteiger partial charge in [-0.3, -0.25) is 0 Å². The van der Waals surface area contributed by atoms with Crippen LogP contribution >= 0.6 is 270 Å². The van der Waals surface area contributed by atoms with Gasteiger partial charge in [0.05, 0.1) is 0 Å². The molecule has 0 saturated heterocycles. The molecule has 0 atom stereocenters. The van der Waals surface area contributed by atoms with Crippen molar-refractivity contribution in [1.29, 1.82) is 5.26 Å². The summed E-state index contributed by atoms with van der Waals surface area (Å²) in [5, 5.41) is 40.5. The molecule has 0 saturated carbocycles. The first-order valence-electron chi connectivity index (χ1n) is 40.4. The van der Waals surface area contributed by atoms with E-state index in [0.717, 1.165) is 181 Å². The van der Waals surface area contributed by atoms with E-state index >= 15 is 0 Å². The van der Waals surface area contributed by atoms with E-state index in [-0.39, 0.29) is 75.1 Å². The first-order valence-corrected chi connectivity index (χ1v) is 69.0. The summed E-state index contributed by atoms with van der Waals surface area (Å²) in [6, 6.07) is 109. The fraction of sp³-hybridized carbons (Fsp3) is 0.0319. The van der Waals surface area contributed by atoms with Gasteiger partial charge in [-0.25, -0.2) is 89.7 Å². The fourth-order valence-electron chi connectivity index (χ4n) is 11.1. The maximum Gasteiger partial charge on any atom is 0.104 e. The van der Waals surface area contributed by atoms with E-state index in [1.54, 1.807) is 212 Å². The number of rotatable bonds is 0. The molecule has 6 aliphatic heterocycles. The molecule has 145 heavy (non-hydrogen) atoms. The van der Waals surface area contributed by atoms with Crippen LogP contribution in [0.5, 0.6) is 0 Å². The van der Waals surface area contributed by atoms with Crippen molar-refractivity contribution in [3.05, 3.63) is 334 Å². The number of fused-ring (bicyclic) bond motifs is 36. The topological polar surface area (TPSA) is 256 Å². The largest absolute Gasteiger partial charge is 0.234 e. The number of halogens is 6. The standard InChI is InChI=1S/6C15H9N3S3.C3H9P.CN.6Ag.BrH.ClH.F3HP.HI/c6*1-4-10-16-11(5-1)20-13-7-3-9-15(18-13)21-14-8-2-6-12(17-14)19-10;1-4(2)3;1-2;;;;;;;;;1-4(2)3;/h6*1-9H;1-3H3;;;;;;;;2*1H;4H;1H/q;;;;;;;-1;;;4*+1;;;+1;/p-2. The Balaban J connectivity index is 0.000000172. The van der Waals surface area contributed by atoms with Crippen LogP contribution in [-0.4, -0.2) is 110 Å². The molecule has 2 radical (unpaired) electrons. The Labute approximate surface area is 1020 Å². The third-order valence-corrected chi connectivity index (χ3v) is 32.0. The van der Waals surface area contributed by atoms with Gasteiger partial charge < -0.3 is 11.8 Å². The summed E-state index contributed by atoms with van der Waals surface area (Å²) >= 11 is 41.3. The van der Waals surface area contributed by atoms with Gasteiger partial charge in [-0.2, -0.15) is 0 Å². The minimum absolute atomic E-state index is 0. The first-order chi connectivity index (χ1) is 69.6. The van der Waals surface area contributed by atoms with Gasteiger partial charge in [0.1, 0.15) is 181 Å². The van der Waals surface area contributed by atoms with E-state index < -0.39 is 8.85 Å². The summed E-state index contributed by atoms with van der Waals surface area (Å²) in [5.41, 5.74) is 0. The van der Waals surface area contributed by atoms with Crippen LogP contribution in [0.4, 0.5) is 12.6 Å². The van der Waals surface area contributed by atoms with Gasteiger partial charge in [-0.15, -0.1) is 0 Å². The van der Waals surface area contributed by atoms with Gasteiger partial charge in [0.2, 0.25) is 0 Å². The molecule has 24 rings (SSSR count). The van der Waals surface area contributed by atoms with E-state index in [9.17, 15) is 12.6 Å². The molecule has 0 amide bonds. The molecule has 0 fully saturated rings. The summed E-state index contributed by atoms with van der Waals surface area (Å²) < 4.78 is 29.3. The van der Waals surface area contributed by atoms with Crippen LogP contribution in [0.2, 0.25) is 0 Å². The minimum Gasteiger partial charge on any atom is -0.234 e. The zero-order valence-corrected chi connectivity index (χ0v) is 104. The van der Waals surface area contributed by atoms with Gasteiger partial charge in [0, 0.05) is 77.3 Å². The van der Waals surface area contributed by atoms with Crippen molar-refractivity contribution in [3.8, 4) is 0 Å². The maximum atomic E-state index is 9.77. The van der Waals surface area contributed by atoms with Crippen LogP contribution in [0.1, 0.15) is 0 Å². The molecule has 6 aliphatic rings. The minimum atomic E-state index is -4.38. The Morgan fingerprint density at radius 1 is 0.193 bits per heavy atom. The molecule has 19 nitrogen and oxygen atoms in total. The molecule has 18 aromatic heterocycles. The van der Waals surface area contributed by atoms with E-state index in [2.05, 4.69) is 188 Å². The van der Waals surface area contributed by atoms with Crippen LogP contribution in [0.15, 0.2) is 509 Å². The third-order valence-electron chi connectivity index (χ3n) is 16.3. The first kappa shape index (κ1) is 124. The second kappa shape index (κ2) is 68.5. The molecular weight excluding hydrogens is 2980 g/mol. The molecule has 51 heteroatoms. The monoisotopic (exact) mass is 3040 g/mol. The molecule has 36 bridgehead atoms. The van der Waals surface area contributed by atoms with E-state index in [1.165, 1.54) is 0 Å². The molecule has 0 aliphatic carbocycles. The van der Waals surface area contributed by atoms with Crippen molar-refractivity contribution in [1.82, 2.24) is 89.7 Å². The van der Waals surface area contributed by atoms with Crippen LogP contribution in [-0.2, 0) is 123 Å². The number of hydrogen-bond acceptors (Lipinski definition) is 37. The SMILES string of the molecule is C[PH+](C)C.F[PH+](F)F.[Ag+].[Ag].[Ag].[Ag][I].[Br][Ag].[C-]#N.[Cl][Ag].c1cc2nc(c1)Sc1cccc(n1)Sc1cccc(n1)S2.c1cc2nc(c1)Sc1cccc(n1)Sc1cccc(n1)S2.c1cc2nc(c1)Sc1cccc(n1)Sc1cccc(n1)S2.c1cc2nc(c1)Sc1cccc(n1)Sc1cccc(n1)S2.c1cc2nc(c1)Sc1cccc(n1)Sc1cccc(n1)S2.c1cc2nc(c1)Sc1cccc(n1)Sc1cccc(n1)S2. The summed E-state index contributed by atoms with van der Waals surface area (Å²) in [7, 11) is 0.190. The molecule has 0 N–H and O–H groups in total. The van der Waals surface area contributed by atoms with Crippen molar-refractivity contribution >= 4 is 270 Å². The average Bonchev–Trinajstić information content (AvgIpc) is 0.857. The second-order valence-electron chi connectivity index (χ2n) is 27.2. The quantitative estimate of drug-likeness (QED) is 0.0591. The van der Waals surface area contributed by atoms with Gasteiger partial charge in [0.25, 0.3) is 0 Å². The smallest absolute Gasteiger partial charge is 0.104 e. The normalized spacial score (nSPS) is 12.1. The second-order valence-corrected chi connectivity index (χ2v) is 49.4. The van der Waals surface area contributed by atoms with Crippen LogP contribution in [0, 0.1) is 11.8 Å². The summed E-state index contributed by atoms with van der Waals surface area (Å²) in [6.45, 7) is 11.6. The average molecular weight is 3050 g/mol. The van der Waals surface area contributed by atoms with Crippen LogP contribution in [0.3, 0.4) is 0 Å². The van der Waals surface area contributed by atoms with Gasteiger partial charge in [-0.1, -0.05) is 321 Å². The van der Waals surface area contributed by atoms with E-state index in [4.69, 9.17) is 11.8 Å². The summed E-state index contributed by atoms with van der Waals surface area (Å²) in [4.78, 5) is 83.7. The summed E-state index contributed by atoms with van der Waals surface area (Å²) in [6.07, 6.45) is 0. The van der Waals surface area contributed by atoms with Crippen molar-refractivity contribution in [2.24, 2.45) is 0 Å². The van der Waals surface area contributed by atoms with Crippen molar-refractivity contribution in [2.45, 2.75) is 181 Å². The summed E-state index contributed by atoms with van der Waals surface area (Å²) in [5.74, 6) is 0. The molecule has 0 unspecified atom stereocenters. The van der Waals surface area contributed by atoms with Gasteiger partial charge in [-0.05, 0) is 226 Å². The third kappa shape index (κ3) is 44.0. The zero-order valence-electron chi connectivity index (χ0n) is 73.6. The predicted molar refractivity (Wildman–Crippen MR) is 582 cm³/mol. The van der Waals surface area contributed by atoms with Crippen LogP contribution in [0.25, 0.3) is 0 Å². The Morgan fingerprint density at radius 3 is 0.262 bits per heavy atom. The van der Waals surface area contributed by atoms with Crippen molar-refractivity contribution in [2.75, 3.05) is 20.0 Å². The number of pyridine rings is 18. The Bertz CT molecular complexity index is 5210. The fourth-order valence-corrected chi connectivity index (χ4v) is 26.5. The zero-order chi connectivity index (χ0) is 99.6. The maximum absolute atomic E-state index is 9.77. The molecular formula is C94H65Ag6BrClF3IN19P2S18+2.